The van der Waals surface area contributed by atoms with Crippen LogP contribution in [0.4, 0.5) is 4.79 Å². The number of benzene rings is 2. The molecule has 0 radical (unpaired) electrons. The number of nitrogens with one attached hydrogen (secondary N) is 2. The smallest absolute Gasteiger partial charge is 0.315 e. The van der Waals surface area contributed by atoms with Crippen molar-refractivity contribution in [3.63, 3.8) is 0 Å². The van der Waals surface area contributed by atoms with Crippen LogP contribution in [0.1, 0.15) is 24.1 Å². The van der Waals surface area contributed by atoms with Crippen LogP contribution in [0.2, 0.25) is 0 Å². The Labute approximate surface area is 136 Å². The molecular weight excluding hydrogens is 292 g/mol. The summed E-state index contributed by atoms with van der Waals surface area (Å²) in [5, 5.41) is 14.7. The largest absolute Gasteiger partial charge is 0.497 e. The molecule has 0 aliphatic carbocycles. The summed E-state index contributed by atoms with van der Waals surface area (Å²) >= 11 is 0. The van der Waals surface area contributed by atoms with Gasteiger partial charge in [-0.1, -0.05) is 42.5 Å². The van der Waals surface area contributed by atoms with E-state index in [-0.39, 0.29) is 24.7 Å². The molecule has 0 saturated heterocycles. The van der Waals surface area contributed by atoms with Crippen molar-refractivity contribution in [2.45, 2.75) is 19.0 Å². The van der Waals surface area contributed by atoms with Crippen molar-refractivity contribution in [3.05, 3.63) is 65.7 Å². The Hall–Kier alpha value is -2.53. The molecule has 0 aliphatic heterocycles. The highest BCUT2D eigenvalue weighted by atomic mass is 16.5. The van der Waals surface area contributed by atoms with Crippen molar-refractivity contribution in [1.29, 1.82) is 0 Å². The minimum absolute atomic E-state index is 0.105. The van der Waals surface area contributed by atoms with Crippen LogP contribution in [-0.4, -0.2) is 30.9 Å². The molecule has 2 atom stereocenters. The summed E-state index contributed by atoms with van der Waals surface area (Å²) in [6, 6.07) is 16.4. The Morgan fingerprint density at radius 2 is 1.65 bits per heavy atom. The summed E-state index contributed by atoms with van der Waals surface area (Å²) in [6.07, 6.45) is 0. The van der Waals surface area contributed by atoms with E-state index in [1.165, 1.54) is 0 Å². The van der Waals surface area contributed by atoms with E-state index in [0.29, 0.717) is 0 Å². The Bertz CT molecular complexity index is 614. The van der Waals surface area contributed by atoms with Gasteiger partial charge in [0.25, 0.3) is 0 Å². The number of urea groups is 1. The molecule has 122 valence electrons. The van der Waals surface area contributed by atoms with Crippen molar-refractivity contribution < 1.29 is 14.6 Å². The van der Waals surface area contributed by atoms with Crippen LogP contribution in [0.3, 0.4) is 0 Å². The number of hydrogen-bond donors (Lipinski definition) is 3. The molecule has 2 aromatic carbocycles. The van der Waals surface area contributed by atoms with Crippen LogP contribution in [0, 0.1) is 0 Å². The SMILES string of the molecule is COc1ccc(C(NC(=O)NC(C)CO)c2ccccc2)cc1. The van der Waals surface area contributed by atoms with E-state index < -0.39 is 0 Å². The number of aliphatic hydroxyl groups excluding tert-OH is 1. The maximum atomic E-state index is 12.1. The monoisotopic (exact) mass is 314 g/mol. The van der Waals surface area contributed by atoms with Gasteiger partial charge in [-0.2, -0.15) is 0 Å². The van der Waals surface area contributed by atoms with Gasteiger partial charge < -0.3 is 20.5 Å². The Morgan fingerprint density at radius 1 is 1.04 bits per heavy atom. The van der Waals surface area contributed by atoms with Crippen molar-refractivity contribution in [2.75, 3.05) is 13.7 Å². The molecule has 23 heavy (non-hydrogen) atoms. The number of methoxy groups -OCH3 is 1. The summed E-state index contributed by atoms with van der Waals surface area (Å²) in [6.45, 7) is 1.64. The fraction of sp³-hybridized carbons (Fsp3) is 0.278. The summed E-state index contributed by atoms with van der Waals surface area (Å²) in [4.78, 5) is 12.1. The molecule has 2 rings (SSSR count). The summed E-state index contributed by atoms with van der Waals surface area (Å²) in [7, 11) is 1.62. The number of rotatable bonds is 6. The van der Waals surface area contributed by atoms with Gasteiger partial charge in [-0.3, -0.25) is 0 Å². The number of ether oxygens (including phenoxy) is 1. The lowest BCUT2D eigenvalue weighted by Gasteiger charge is -2.21. The molecule has 2 amide bonds. The van der Waals surface area contributed by atoms with Gasteiger partial charge in [-0.25, -0.2) is 4.79 Å². The molecule has 3 N–H and O–H groups in total. The maximum absolute atomic E-state index is 12.1. The second-order valence-corrected chi connectivity index (χ2v) is 5.32. The van der Waals surface area contributed by atoms with E-state index in [9.17, 15) is 4.79 Å². The standard InChI is InChI=1S/C18H22N2O3/c1-13(12-21)19-18(22)20-17(14-6-4-3-5-7-14)15-8-10-16(23-2)11-9-15/h3-11,13,17,21H,12H2,1-2H3,(H2,19,20,22). The molecule has 0 heterocycles. The first-order chi connectivity index (χ1) is 11.1. The third-order valence-corrected chi connectivity index (χ3v) is 3.51. The molecule has 0 spiro atoms. The maximum Gasteiger partial charge on any atom is 0.315 e. The molecule has 0 fully saturated rings. The first-order valence-electron chi connectivity index (χ1n) is 7.51. The fourth-order valence-corrected chi connectivity index (χ4v) is 2.24. The zero-order chi connectivity index (χ0) is 16.7. The van der Waals surface area contributed by atoms with E-state index in [1.54, 1.807) is 14.0 Å². The minimum atomic E-state index is -0.323. The van der Waals surface area contributed by atoms with Crippen LogP contribution in [-0.2, 0) is 0 Å². The molecule has 0 saturated carbocycles. The Balaban J connectivity index is 2.23. The number of aliphatic hydroxyl groups is 1. The molecule has 0 aromatic heterocycles. The average Bonchev–Trinajstić information content (AvgIpc) is 2.60. The van der Waals surface area contributed by atoms with Gasteiger partial charge in [0, 0.05) is 0 Å². The highest BCUT2D eigenvalue weighted by molar-refractivity contribution is 5.75. The lowest BCUT2D eigenvalue weighted by molar-refractivity contribution is 0.219. The van der Waals surface area contributed by atoms with E-state index in [0.717, 1.165) is 16.9 Å². The normalized spacial score (nSPS) is 13.0. The highest BCUT2D eigenvalue weighted by Gasteiger charge is 2.17. The second kappa shape index (κ2) is 8.19. The minimum Gasteiger partial charge on any atom is -0.497 e. The fourth-order valence-electron chi connectivity index (χ4n) is 2.24. The first kappa shape index (κ1) is 16.8. The van der Waals surface area contributed by atoms with Gasteiger partial charge >= 0.3 is 6.03 Å². The molecule has 5 nitrogen and oxygen atoms in total. The molecule has 0 aliphatic rings. The van der Waals surface area contributed by atoms with E-state index in [2.05, 4.69) is 10.6 Å². The van der Waals surface area contributed by atoms with Crippen molar-refractivity contribution in [1.82, 2.24) is 10.6 Å². The lowest BCUT2D eigenvalue weighted by atomic mass is 9.99. The molecular formula is C18H22N2O3. The number of carbonyl (C=O) groups excluding carboxylic acids is 1. The Kier molecular flexibility index (Phi) is 6.00. The third-order valence-electron chi connectivity index (χ3n) is 3.51. The van der Waals surface area contributed by atoms with Gasteiger partial charge in [-0.15, -0.1) is 0 Å². The zero-order valence-corrected chi connectivity index (χ0v) is 13.3. The van der Waals surface area contributed by atoms with Gasteiger partial charge in [0.15, 0.2) is 0 Å². The Morgan fingerprint density at radius 3 is 2.22 bits per heavy atom. The van der Waals surface area contributed by atoms with Gasteiger partial charge in [-0.05, 0) is 30.2 Å². The second-order valence-electron chi connectivity index (χ2n) is 5.32. The summed E-state index contributed by atoms with van der Waals surface area (Å²) < 4.78 is 5.18. The van der Waals surface area contributed by atoms with Crippen molar-refractivity contribution in [3.8, 4) is 5.75 Å². The predicted molar refractivity (Wildman–Crippen MR) is 89.5 cm³/mol. The van der Waals surface area contributed by atoms with Gasteiger partial charge in [0.05, 0.1) is 25.8 Å². The van der Waals surface area contributed by atoms with Crippen LogP contribution in [0.25, 0.3) is 0 Å². The van der Waals surface area contributed by atoms with Crippen LogP contribution >= 0.6 is 0 Å². The van der Waals surface area contributed by atoms with E-state index in [4.69, 9.17) is 9.84 Å². The lowest BCUT2D eigenvalue weighted by Crippen LogP contribution is -2.43. The zero-order valence-electron chi connectivity index (χ0n) is 13.3. The summed E-state index contributed by atoms with van der Waals surface area (Å²) in [5.41, 5.74) is 1.92. The topological polar surface area (TPSA) is 70.6 Å². The van der Waals surface area contributed by atoms with Crippen LogP contribution in [0.5, 0.6) is 5.75 Å². The molecule has 0 bridgehead atoms. The highest BCUT2D eigenvalue weighted by Crippen LogP contribution is 2.24. The van der Waals surface area contributed by atoms with Crippen LogP contribution < -0.4 is 15.4 Å². The van der Waals surface area contributed by atoms with Crippen molar-refractivity contribution in [2.24, 2.45) is 0 Å². The van der Waals surface area contributed by atoms with Crippen molar-refractivity contribution >= 4 is 6.03 Å². The predicted octanol–water partition coefficient (Wildman–Crippen LogP) is 2.46. The van der Waals surface area contributed by atoms with E-state index in [1.807, 2.05) is 54.6 Å². The van der Waals surface area contributed by atoms with Crippen LogP contribution in [0.15, 0.2) is 54.6 Å². The quantitative estimate of drug-likeness (QED) is 0.767. The average molecular weight is 314 g/mol. The molecule has 2 unspecified atom stereocenters. The van der Waals surface area contributed by atoms with Gasteiger partial charge in [0.2, 0.25) is 0 Å². The first-order valence-corrected chi connectivity index (χ1v) is 7.51. The van der Waals surface area contributed by atoms with E-state index >= 15 is 0 Å². The molecule has 2 aromatic rings. The van der Waals surface area contributed by atoms with Gasteiger partial charge in [0.1, 0.15) is 5.75 Å². The number of carbonyl (C=O) groups is 1. The third kappa shape index (κ3) is 4.72. The molecule has 5 heteroatoms. The summed E-state index contributed by atoms with van der Waals surface area (Å²) in [5.74, 6) is 0.763. The number of amides is 2. The number of hydrogen-bond acceptors (Lipinski definition) is 3.